The number of carbonyl (C=O) groups excluding carboxylic acids is 1. The number of anilines is 1. The Bertz CT molecular complexity index is 423. The smallest absolute Gasteiger partial charge is 0.321 e. The molecular formula is C13H20N2O4. The Morgan fingerprint density at radius 2 is 2.00 bits per heavy atom. The molecule has 1 rings (SSSR count). The van der Waals surface area contributed by atoms with Crippen molar-refractivity contribution in [2.45, 2.75) is 6.92 Å². The van der Waals surface area contributed by atoms with Gasteiger partial charge in [-0.1, -0.05) is 0 Å². The molecule has 0 saturated heterocycles. The van der Waals surface area contributed by atoms with Crippen LogP contribution in [0, 0.1) is 0 Å². The molecule has 0 spiro atoms. The number of hydrogen-bond donors (Lipinski definition) is 2. The number of hydrogen-bond acceptors (Lipinski definition) is 4. The SMILES string of the molecule is CCN(CCO)C(=O)Nc1ccc(OC)c(OC)c1. The number of ether oxygens (including phenoxy) is 2. The molecule has 19 heavy (non-hydrogen) atoms. The Morgan fingerprint density at radius 1 is 1.32 bits per heavy atom. The Balaban J connectivity index is 2.79. The van der Waals surface area contributed by atoms with Gasteiger partial charge in [-0.15, -0.1) is 0 Å². The summed E-state index contributed by atoms with van der Waals surface area (Å²) in [6, 6.07) is 4.87. The molecule has 0 heterocycles. The van der Waals surface area contributed by atoms with Gasteiger partial charge in [-0.05, 0) is 19.1 Å². The van der Waals surface area contributed by atoms with E-state index in [2.05, 4.69) is 5.32 Å². The zero-order chi connectivity index (χ0) is 14.3. The van der Waals surface area contributed by atoms with Crippen molar-refractivity contribution in [2.24, 2.45) is 0 Å². The van der Waals surface area contributed by atoms with Crippen LogP contribution >= 0.6 is 0 Å². The predicted octanol–water partition coefficient (Wildman–Crippen LogP) is 1.55. The van der Waals surface area contributed by atoms with Gasteiger partial charge in [-0.2, -0.15) is 0 Å². The lowest BCUT2D eigenvalue weighted by Crippen LogP contribution is -2.36. The van der Waals surface area contributed by atoms with Crippen LogP contribution in [0.1, 0.15) is 6.92 Å². The van der Waals surface area contributed by atoms with E-state index >= 15 is 0 Å². The molecule has 0 saturated carbocycles. The van der Waals surface area contributed by atoms with Crippen molar-refractivity contribution in [1.82, 2.24) is 4.90 Å². The molecule has 0 atom stereocenters. The van der Waals surface area contributed by atoms with Gasteiger partial charge < -0.3 is 24.8 Å². The van der Waals surface area contributed by atoms with Crippen molar-refractivity contribution in [3.63, 3.8) is 0 Å². The van der Waals surface area contributed by atoms with Crippen LogP contribution in [0.15, 0.2) is 18.2 Å². The minimum absolute atomic E-state index is 0.0623. The Morgan fingerprint density at radius 3 is 2.53 bits per heavy atom. The van der Waals surface area contributed by atoms with Crippen LogP contribution in [0.2, 0.25) is 0 Å². The number of benzene rings is 1. The van der Waals surface area contributed by atoms with E-state index in [0.29, 0.717) is 30.3 Å². The van der Waals surface area contributed by atoms with Crippen LogP contribution in [-0.4, -0.2) is 50.0 Å². The molecule has 0 radical (unpaired) electrons. The lowest BCUT2D eigenvalue weighted by Gasteiger charge is -2.20. The van der Waals surface area contributed by atoms with Crippen molar-refractivity contribution in [3.8, 4) is 11.5 Å². The van der Waals surface area contributed by atoms with E-state index in [1.165, 1.54) is 12.0 Å². The second-order valence-corrected chi connectivity index (χ2v) is 3.80. The predicted molar refractivity (Wildman–Crippen MR) is 72.9 cm³/mol. The third-order valence-electron chi connectivity index (χ3n) is 2.67. The molecule has 6 nitrogen and oxygen atoms in total. The van der Waals surface area contributed by atoms with Crippen LogP contribution in [0.5, 0.6) is 11.5 Å². The van der Waals surface area contributed by atoms with Crippen LogP contribution in [0.3, 0.4) is 0 Å². The molecular weight excluding hydrogens is 248 g/mol. The maximum Gasteiger partial charge on any atom is 0.321 e. The van der Waals surface area contributed by atoms with E-state index in [9.17, 15) is 4.79 Å². The standard InChI is InChI=1S/C13H20N2O4/c1-4-15(7-8-16)13(17)14-10-5-6-11(18-2)12(9-10)19-3/h5-6,9,16H,4,7-8H2,1-3H3,(H,14,17). The van der Waals surface area contributed by atoms with Gasteiger partial charge in [0.1, 0.15) is 0 Å². The Hall–Kier alpha value is -1.95. The maximum absolute atomic E-state index is 11.9. The summed E-state index contributed by atoms with van der Waals surface area (Å²) in [5.74, 6) is 1.15. The molecule has 0 aliphatic carbocycles. The van der Waals surface area contributed by atoms with Gasteiger partial charge in [0, 0.05) is 24.8 Å². The number of nitrogens with one attached hydrogen (secondary N) is 1. The first-order valence-electron chi connectivity index (χ1n) is 6.05. The molecule has 6 heteroatoms. The summed E-state index contributed by atoms with van der Waals surface area (Å²) in [4.78, 5) is 13.4. The zero-order valence-corrected chi connectivity index (χ0v) is 11.5. The summed E-state index contributed by atoms with van der Waals surface area (Å²) in [5, 5.41) is 11.6. The van der Waals surface area contributed by atoms with Crippen molar-refractivity contribution in [1.29, 1.82) is 0 Å². The fourth-order valence-electron chi connectivity index (χ4n) is 1.64. The van der Waals surface area contributed by atoms with Crippen molar-refractivity contribution in [3.05, 3.63) is 18.2 Å². The zero-order valence-electron chi connectivity index (χ0n) is 11.5. The van der Waals surface area contributed by atoms with E-state index in [1.807, 2.05) is 6.92 Å². The number of aliphatic hydroxyl groups is 1. The molecule has 0 bridgehead atoms. The van der Waals surface area contributed by atoms with Gasteiger partial charge in [0.15, 0.2) is 11.5 Å². The van der Waals surface area contributed by atoms with Crippen LogP contribution in [0.4, 0.5) is 10.5 Å². The first-order chi connectivity index (χ1) is 9.15. The fourth-order valence-corrected chi connectivity index (χ4v) is 1.64. The summed E-state index contributed by atoms with van der Waals surface area (Å²) in [5.41, 5.74) is 0.610. The van der Waals surface area contributed by atoms with E-state index < -0.39 is 0 Å². The normalized spacial score (nSPS) is 9.89. The largest absolute Gasteiger partial charge is 0.493 e. The average Bonchev–Trinajstić information content (AvgIpc) is 2.44. The van der Waals surface area contributed by atoms with Crippen LogP contribution < -0.4 is 14.8 Å². The third kappa shape index (κ3) is 4.03. The molecule has 0 aromatic heterocycles. The third-order valence-corrected chi connectivity index (χ3v) is 2.67. The molecule has 1 aromatic rings. The second kappa shape index (κ2) is 7.48. The second-order valence-electron chi connectivity index (χ2n) is 3.80. The number of carbonyl (C=O) groups is 1. The van der Waals surface area contributed by atoms with E-state index in [4.69, 9.17) is 14.6 Å². The number of aliphatic hydroxyl groups excluding tert-OH is 1. The Labute approximate surface area is 112 Å². The minimum Gasteiger partial charge on any atom is -0.493 e. The number of methoxy groups -OCH3 is 2. The van der Waals surface area contributed by atoms with Crippen LogP contribution in [-0.2, 0) is 0 Å². The van der Waals surface area contributed by atoms with E-state index in [0.717, 1.165) is 0 Å². The summed E-state index contributed by atoms with van der Waals surface area (Å²) >= 11 is 0. The van der Waals surface area contributed by atoms with Crippen molar-refractivity contribution in [2.75, 3.05) is 39.2 Å². The van der Waals surface area contributed by atoms with Gasteiger partial charge in [0.05, 0.1) is 20.8 Å². The fraction of sp³-hybridized carbons (Fsp3) is 0.462. The first kappa shape index (κ1) is 15.1. The lowest BCUT2D eigenvalue weighted by molar-refractivity contribution is 0.192. The summed E-state index contributed by atoms with van der Waals surface area (Å²) < 4.78 is 10.3. The number of likely N-dealkylation sites (N-methyl/N-ethyl adjacent to an activating group) is 1. The van der Waals surface area contributed by atoms with Crippen molar-refractivity contribution >= 4 is 11.7 Å². The lowest BCUT2D eigenvalue weighted by atomic mass is 10.2. The first-order valence-corrected chi connectivity index (χ1v) is 6.05. The average molecular weight is 268 g/mol. The molecule has 0 unspecified atom stereocenters. The molecule has 1 aromatic carbocycles. The molecule has 2 N–H and O–H groups in total. The molecule has 106 valence electrons. The van der Waals surface area contributed by atoms with E-state index in [-0.39, 0.29) is 12.6 Å². The van der Waals surface area contributed by atoms with Gasteiger partial charge >= 0.3 is 6.03 Å². The topological polar surface area (TPSA) is 71.0 Å². The quantitative estimate of drug-likeness (QED) is 0.821. The van der Waals surface area contributed by atoms with Crippen molar-refractivity contribution < 1.29 is 19.4 Å². The van der Waals surface area contributed by atoms with Gasteiger partial charge in [-0.25, -0.2) is 4.79 Å². The monoisotopic (exact) mass is 268 g/mol. The molecule has 0 fully saturated rings. The highest BCUT2D eigenvalue weighted by Crippen LogP contribution is 2.29. The molecule has 2 amide bonds. The number of urea groups is 1. The summed E-state index contributed by atoms with van der Waals surface area (Å²) in [6.45, 7) is 2.62. The van der Waals surface area contributed by atoms with Gasteiger partial charge in [0.25, 0.3) is 0 Å². The highest BCUT2D eigenvalue weighted by Gasteiger charge is 2.12. The van der Waals surface area contributed by atoms with Gasteiger partial charge in [0.2, 0.25) is 0 Å². The number of nitrogens with zero attached hydrogens (tertiary/aromatic N) is 1. The van der Waals surface area contributed by atoms with E-state index in [1.54, 1.807) is 25.3 Å². The van der Waals surface area contributed by atoms with Crippen LogP contribution in [0.25, 0.3) is 0 Å². The summed E-state index contributed by atoms with van der Waals surface area (Å²) in [6.07, 6.45) is 0. The maximum atomic E-state index is 11.9. The molecule has 0 aliphatic heterocycles. The summed E-state index contributed by atoms with van der Waals surface area (Å²) in [7, 11) is 3.09. The highest BCUT2D eigenvalue weighted by molar-refractivity contribution is 5.89. The number of amides is 2. The number of rotatable bonds is 6. The van der Waals surface area contributed by atoms with Gasteiger partial charge in [-0.3, -0.25) is 0 Å². The minimum atomic E-state index is -0.260. The molecule has 0 aliphatic rings. The highest BCUT2D eigenvalue weighted by atomic mass is 16.5. The Kier molecular flexibility index (Phi) is 5.95.